The first kappa shape index (κ1) is 11.6. The molecule has 0 amide bonds. The van der Waals surface area contributed by atoms with Gasteiger partial charge in [-0.25, -0.2) is 0 Å². The highest BCUT2D eigenvalue weighted by molar-refractivity contribution is 9.10. The summed E-state index contributed by atoms with van der Waals surface area (Å²) in [7, 11) is 0. The zero-order valence-corrected chi connectivity index (χ0v) is 11.2. The summed E-state index contributed by atoms with van der Waals surface area (Å²) in [5.74, 6) is 0.321. The van der Waals surface area contributed by atoms with Crippen LogP contribution in [0.15, 0.2) is 15.9 Å². The lowest BCUT2D eigenvalue weighted by atomic mass is 9.82. The van der Waals surface area contributed by atoms with Gasteiger partial charge in [0, 0.05) is 16.9 Å². The highest BCUT2D eigenvalue weighted by atomic mass is 79.9. The first-order valence-electron chi connectivity index (χ1n) is 5.29. The van der Waals surface area contributed by atoms with Gasteiger partial charge in [0.25, 0.3) is 0 Å². The number of piperidine rings is 1. The Hall–Kier alpha value is 0.1000. The van der Waals surface area contributed by atoms with E-state index in [4.69, 9.17) is 0 Å². The molecule has 1 aliphatic heterocycles. The molecule has 0 radical (unpaired) electrons. The molecule has 2 atom stereocenters. The maximum Gasteiger partial charge on any atom is 0.101 e. The maximum absolute atomic E-state index is 10.6. The van der Waals surface area contributed by atoms with E-state index in [9.17, 15) is 5.11 Å². The second-order valence-electron chi connectivity index (χ2n) is 4.29. The van der Waals surface area contributed by atoms with Gasteiger partial charge in [-0.15, -0.1) is 11.3 Å². The monoisotopic (exact) mass is 289 g/mol. The maximum atomic E-state index is 10.6. The molecule has 0 spiro atoms. The molecule has 84 valence electrons. The fraction of sp³-hybridized carbons (Fsp3) is 0.636. The quantitative estimate of drug-likeness (QED) is 0.878. The molecule has 2 rings (SSSR count). The smallest absolute Gasteiger partial charge is 0.101 e. The Morgan fingerprint density at radius 1 is 1.67 bits per heavy atom. The summed E-state index contributed by atoms with van der Waals surface area (Å²) in [6.45, 7) is 3.93. The lowest BCUT2D eigenvalue weighted by molar-refractivity contribution is -0.0129. The van der Waals surface area contributed by atoms with Crippen molar-refractivity contribution >= 4 is 27.3 Å². The molecule has 15 heavy (non-hydrogen) atoms. The Morgan fingerprint density at radius 3 is 3.00 bits per heavy atom. The number of rotatable bonds is 2. The van der Waals surface area contributed by atoms with Crippen LogP contribution in [0, 0.1) is 5.92 Å². The van der Waals surface area contributed by atoms with Crippen molar-refractivity contribution in [3.63, 3.8) is 0 Å². The lowest BCUT2D eigenvalue weighted by Crippen LogP contribution is -2.42. The number of nitrogens with one attached hydrogen (secondary N) is 1. The number of halogens is 1. The van der Waals surface area contributed by atoms with Gasteiger partial charge in [0.2, 0.25) is 0 Å². The second kappa shape index (κ2) is 4.53. The fourth-order valence-corrected chi connectivity index (χ4v) is 4.09. The van der Waals surface area contributed by atoms with Crippen molar-refractivity contribution in [3.05, 3.63) is 20.8 Å². The van der Waals surface area contributed by atoms with E-state index in [0.717, 1.165) is 35.3 Å². The molecule has 4 heteroatoms. The molecule has 2 unspecified atom stereocenters. The molecule has 0 saturated carbocycles. The number of hydrogen-bond donors (Lipinski definition) is 2. The third kappa shape index (κ3) is 2.28. The molecule has 2 N–H and O–H groups in total. The summed E-state index contributed by atoms with van der Waals surface area (Å²) in [4.78, 5) is 1.05. The minimum absolute atomic E-state index is 0.321. The molecule has 1 aliphatic rings. The third-order valence-electron chi connectivity index (χ3n) is 3.17. The average molecular weight is 290 g/mol. The van der Waals surface area contributed by atoms with Crippen LogP contribution in [0.3, 0.4) is 0 Å². The van der Waals surface area contributed by atoms with Crippen LogP contribution in [0.2, 0.25) is 0 Å². The molecular formula is C11H16BrNOS. The summed E-state index contributed by atoms with van der Waals surface area (Å²) in [6.07, 6.45) is 2.26. The van der Waals surface area contributed by atoms with Crippen LogP contribution in [0.1, 0.15) is 24.6 Å². The van der Waals surface area contributed by atoms with Gasteiger partial charge < -0.3 is 10.4 Å². The van der Waals surface area contributed by atoms with Crippen molar-refractivity contribution in [2.45, 2.75) is 25.4 Å². The van der Waals surface area contributed by atoms with Gasteiger partial charge in [-0.2, -0.15) is 0 Å². The van der Waals surface area contributed by atoms with E-state index in [1.54, 1.807) is 11.3 Å². The second-order valence-corrected chi connectivity index (χ2v) is 6.06. The van der Waals surface area contributed by atoms with Crippen LogP contribution >= 0.6 is 27.3 Å². The molecule has 1 aromatic heterocycles. The van der Waals surface area contributed by atoms with Gasteiger partial charge in [0.05, 0.1) is 4.88 Å². The number of hydrogen-bond acceptors (Lipinski definition) is 3. The van der Waals surface area contributed by atoms with Crippen molar-refractivity contribution in [2.24, 2.45) is 5.92 Å². The topological polar surface area (TPSA) is 32.3 Å². The van der Waals surface area contributed by atoms with Crippen LogP contribution in [-0.2, 0) is 5.60 Å². The fourth-order valence-electron chi connectivity index (χ4n) is 2.17. The van der Waals surface area contributed by atoms with E-state index in [-0.39, 0.29) is 0 Å². The van der Waals surface area contributed by atoms with Gasteiger partial charge in [-0.05, 0) is 53.7 Å². The summed E-state index contributed by atoms with van der Waals surface area (Å²) < 4.78 is 1.03. The highest BCUT2D eigenvalue weighted by Gasteiger charge is 2.36. The third-order valence-corrected chi connectivity index (χ3v) is 5.23. The Labute approximate surface area is 103 Å². The van der Waals surface area contributed by atoms with Crippen LogP contribution in [0.5, 0.6) is 0 Å². The molecular weight excluding hydrogens is 274 g/mol. The first-order chi connectivity index (χ1) is 7.12. The predicted octanol–water partition coefficient (Wildman–Crippen LogP) is 2.72. The van der Waals surface area contributed by atoms with E-state index in [0.29, 0.717) is 5.92 Å². The van der Waals surface area contributed by atoms with E-state index in [2.05, 4.69) is 21.2 Å². The van der Waals surface area contributed by atoms with E-state index >= 15 is 0 Å². The predicted molar refractivity (Wildman–Crippen MR) is 67.2 cm³/mol. The first-order valence-corrected chi connectivity index (χ1v) is 6.96. The largest absolute Gasteiger partial charge is 0.384 e. The lowest BCUT2D eigenvalue weighted by Gasteiger charge is -2.35. The Bertz CT molecular complexity index is 331. The van der Waals surface area contributed by atoms with Gasteiger partial charge in [-0.3, -0.25) is 0 Å². The van der Waals surface area contributed by atoms with Crippen molar-refractivity contribution in [2.75, 3.05) is 13.1 Å². The van der Waals surface area contributed by atoms with Crippen LogP contribution in [0.25, 0.3) is 0 Å². The normalized spacial score (nSPS) is 26.2. The van der Waals surface area contributed by atoms with Gasteiger partial charge in [0.1, 0.15) is 5.60 Å². The zero-order valence-electron chi connectivity index (χ0n) is 8.79. The average Bonchev–Trinajstić information content (AvgIpc) is 2.66. The number of thiophene rings is 1. The van der Waals surface area contributed by atoms with E-state index in [1.807, 2.05) is 18.4 Å². The summed E-state index contributed by atoms with van der Waals surface area (Å²) in [5, 5.41) is 16.0. The summed E-state index contributed by atoms with van der Waals surface area (Å²) in [6, 6.07) is 2.00. The Morgan fingerprint density at radius 2 is 2.47 bits per heavy atom. The molecule has 2 nitrogen and oxygen atoms in total. The molecule has 1 aromatic rings. The zero-order chi connectivity index (χ0) is 10.9. The molecule has 1 saturated heterocycles. The van der Waals surface area contributed by atoms with E-state index in [1.165, 1.54) is 0 Å². The highest BCUT2D eigenvalue weighted by Crippen LogP contribution is 2.40. The number of aliphatic hydroxyl groups is 1. The van der Waals surface area contributed by atoms with Crippen LogP contribution < -0.4 is 5.32 Å². The van der Waals surface area contributed by atoms with Crippen LogP contribution in [0.4, 0.5) is 0 Å². The van der Waals surface area contributed by atoms with E-state index < -0.39 is 5.60 Å². The molecule has 0 bridgehead atoms. The minimum atomic E-state index is -0.708. The standard InChI is InChI=1S/C11H16BrNOS/c1-11(14,8-3-2-5-13-7-8)10-9(12)4-6-15-10/h4,6,8,13-14H,2-3,5,7H2,1H3. The van der Waals surface area contributed by atoms with Crippen molar-refractivity contribution in [3.8, 4) is 0 Å². The molecule has 1 fully saturated rings. The van der Waals surface area contributed by atoms with Crippen molar-refractivity contribution < 1.29 is 5.11 Å². The van der Waals surface area contributed by atoms with Crippen molar-refractivity contribution in [1.82, 2.24) is 5.32 Å². The summed E-state index contributed by atoms with van der Waals surface area (Å²) >= 11 is 5.12. The molecule has 2 heterocycles. The van der Waals surface area contributed by atoms with Gasteiger partial charge >= 0.3 is 0 Å². The molecule has 0 aromatic carbocycles. The Kier molecular flexibility index (Phi) is 3.50. The SMILES string of the molecule is CC(O)(c1sccc1Br)C1CCCNC1. The van der Waals surface area contributed by atoms with Crippen LogP contribution in [-0.4, -0.2) is 18.2 Å². The minimum Gasteiger partial charge on any atom is -0.384 e. The van der Waals surface area contributed by atoms with Gasteiger partial charge in [0.15, 0.2) is 0 Å². The van der Waals surface area contributed by atoms with Gasteiger partial charge in [-0.1, -0.05) is 0 Å². The Balaban J connectivity index is 2.21. The molecule has 0 aliphatic carbocycles. The van der Waals surface area contributed by atoms with Crippen molar-refractivity contribution in [1.29, 1.82) is 0 Å². The summed E-state index contributed by atoms with van der Waals surface area (Å²) in [5.41, 5.74) is -0.708.